The summed E-state index contributed by atoms with van der Waals surface area (Å²) in [5.41, 5.74) is 0. The van der Waals surface area contributed by atoms with Crippen LogP contribution in [-0.2, 0) is 0 Å². The van der Waals surface area contributed by atoms with Gasteiger partial charge in [0.2, 0.25) is 0 Å². The highest BCUT2D eigenvalue weighted by molar-refractivity contribution is 4.83. The summed E-state index contributed by atoms with van der Waals surface area (Å²) in [6.45, 7) is 9.23. The Morgan fingerprint density at radius 3 is 2.21 bits per heavy atom. The van der Waals surface area contributed by atoms with Gasteiger partial charge in [-0.2, -0.15) is 0 Å². The maximum absolute atomic E-state index is 2.37. The summed E-state index contributed by atoms with van der Waals surface area (Å²) in [7, 11) is 0. The fraction of sp³-hybridized carbons (Fsp3) is 0.857. The van der Waals surface area contributed by atoms with Crippen molar-refractivity contribution in [2.75, 3.05) is 0 Å². The predicted molar refractivity (Wildman–Crippen MR) is 66.5 cm³/mol. The topological polar surface area (TPSA) is 0 Å². The third-order valence-corrected chi connectivity index (χ3v) is 3.01. The van der Waals surface area contributed by atoms with Crippen molar-refractivity contribution in [2.45, 2.75) is 66.2 Å². The molecule has 0 fully saturated rings. The molecule has 0 aliphatic carbocycles. The van der Waals surface area contributed by atoms with Crippen LogP contribution in [0.1, 0.15) is 66.2 Å². The molecule has 0 heterocycles. The second-order valence-electron chi connectivity index (χ2n) is 4.69. The van der Waals surface area contributed by atoms with Gasteiger partial charge in [-0.15, -0.1) is 0 Å². The first kappa shape index (κ1) is 13.7. The normalized spacial score (nSPS) is 16.0. The van der Waals surface area contributed by atoms with E-state index in [2.05, 4.69) is 39.8 Å². The fourth-order valence-electron chi connectivity index (χ4n) is 1.63. The number of rotatable bonds is 8. The average Bonchev–Trinajstić information content (AvgIpc) is 2.17. The summed E-state index contributed by atoms with van der Waals surface area (Å²) >= 11 is 0. The lowest BCUT2D eigenvalue weighted by atomic mass is 9.99. The Morgan fingerprint density at radius 1 is 0.929 bits per heavy atom. The van der Waals surface area contributed by atoms with Crippen LogP contribution in [0.2, 0.25) is 0 Å². The van der Waals surface area contributed by atoms with Crippen LogP contribution in [0.15, 0.2) is 12.2 Å². The molecule has 0 amide bonds. The number of hydrogen-bond acceptors (Lipinski definition) is 0. The van der Waals surface area contributed by atoms with Gasteiger partial charge >= 0.3 is 0 Å². The van der Waals surface area contributed by atoms with Crippen LogP contribution in [0, 0.1) is 11.8 Å². The lowest BCUT2D eigenvalue weighted by Gasteiger charge is -2.07. The maximum atomic E-state index is 2.37. The molecule has 0 aromatic heterocycles. The van der Waals surface area contributed by atoms with Gasteiger partial charge in [0.15, 0.2) is 0 Å². The average molecular weight is 196 g/mol. The van der Waals surface area contributed by atoms with Crippen LogP contribution < -0.4 is 0 Å². The van der Waals surface area contributed by atoms with Crippen LogP contribution in [-0.4, -0.2) is 0 Å². The standard InChI is InChI=1S/C14H28/c1-5-10-14(4)12-9-7-8-11-13(3)6-2/h7-8,13-14H,5-6,9-12H2,1-4H3/b8-7+. The molecule has 0 rings (SSSR count). The van der Waals surface area contributed by atoms with Crippen molar-refractivity contribution in [1.82, 2.24) is 0 Å². The Balaban J connectivity index is 3.34. The third kappa shape index (κ3) is 8.34. The minimum absolute atomic E-state index is 0.860. The van der Waals surface area contributed by atoms with E-state index in [4.69, 9.17) is 0 Å². The zero-order valence-corrected chi connectivity index (χ0v) is 10.6. The summed E-state index contributed by atoms with van der Waals surface area (Å²) in [5, 5.41) is 0. The molecule has 0 aliphatic rings. The summed E-state index contributed by atoms with van der Waals surface area (Å²) in [5.74, 6) is 1.77. The Hall–Kier alpha value is -0.260. The molecular weight excluding hydrogens is 168 g/mol. The minimum atomic E-state index is 0.860. The van der Waals surface area contributed by atoms with Crippen LogP contribution in [0.4, 0.5) is 0 Å². The molecule has 84 valence electrons. The van der Waals surface area contributed by atoms with Gasteiger partial charge in [-0.3, -0.25) is 0 Å². The Kier molecular flexibility index (Phi) is 9.13. The monoisotopic (exact) mass is 196 g/mol. The summed E-state index contributed by atoms with van der Waals surface area (Å²) in [4.78, 5) is 0. The molecule has 0 nitrogen and oxygen atoms in total. The van der Waals surface area contributed by atoms with Crippen molar-refractivity contribution < 1.29 is 0 Å². The van der Waals surface area contributed by atoms with E-state index in [0.29, 0.717) is 0 Å². The molecule has 0 heteroatoms. The Morgan fingerprint density at radius 2 is 1.64 bits per heavy atom. The van der Waals surface area contributed by atoms with Gasteiger partial charge in [0.05, 0.1) is 0 Å². The molecule has 0 saturated carbocycles. The molecule has 0 aliphatic heterocycles. The summed E-state index contributed by atoms with van der Waals surface area (Å²) in [6.07, 6.45) is 12.7. The van der Waals surface area contributed by atoms with E-state index in [9.17, 15) is 0 Å². The minimum Gasteiger partial charge on any atom is -0.0885 e. The van der Waals surface area contributed by atoms with E-state index in [-0.39, 0.29) is 0 Å². The molecule has 0 aromatic carbocycles. The van der Waals surface area contributed by atoms with Crippen molar-refractivity contribution >= 4 is 0 Å². The van der Waals surface area contributed by atoms with E-state index < -0.39 is 0 Å². The molecule has 14 heavy (non-hydrogen) atoms. The first-order valence-corrected chi connectivity index (χ1v) is 6.35. The molecule has 2 atom stereocenters. The van der Waals surface area contributed by atoms with Gasteiger partial charge < -0.3 is 0 Å². The maximum Gasteiger partial charge on any atom is -0.0325 e. The van der Waals surface area contributed by atoms with E-state index in [1.807, 2.05) is 0 Å². The Bertz CT molecular complexity index is 135. The van der Waals surface area contributed by atoms with Crippen molar-refractivity contribution in [2.24, 2.45) is 11.8 Å². The highest BCUT2D eigenvalue weighted by atomic mass is 14.0. The molecular formula is C14H28. The molecule has 0 saturated heterocycles. The summed E-state index contributed by atoms with van der Waals surface area (Å²) in [6, 6.07) is 0. The van der Waals surface area contributed by atoms with Crippen LogP contribution in [0.3, 0.4) is 0 Å². The van der Waals surface area contributed by atoms with E-state index in [1.165, 1.54) is 38.5 Å². The van der Waals surface area contributed by atoms with Gasteiger partial charge in [-0.25, -0.2) is 0 Å². The van der Waals surface area contributed by atoms with E-state index in [0.717, 1.165) is 11.8 Å². The van der Waals surface area contributed by atoms with E-state index in [1.54, 1.807) is 0 Å². The molecule has 0 bridgehead atoms. The highest BCUT2D eigenvalue weighted by Crippen LogP contribution is 2.13. The van der Waals surface area contributed by atoms with Gasteiger partial charge in [-0.1, -0.05) is 59.1 Å². The largest absolute Gasteiger partial charge is 0.0885 e. The highest BCUT2D eigenvalue weighted by Gasteiger charge is 1.98. The predicted octanol–water partition coefficient (Wildman–Crippen LogP) is 5.20. The van der Waals surface area contributed by atoms with Gasteiger partial charge in [0.1, 0.15) is 0 Å². The first-order valence-electron chi connectivity index (χ1n) is 6.35. The quantitative estimate of drug-likeness (QED) is 0.468. The van der Waals surface area contributed by atoms with Crippen molar-refractivity contribution in [1.29, 1.82) is 0 Å². The zero-order valence-electron chi connectivity index (χ0n) is 10.6. The van der Waals surface area contributed by atoms with Gasteiger partial charge in [-0.05, 0) is 31.1 Å². The lowest BCUT2D eigenvalue weighted by molar-refractivity contribution is 0.490. The molecule has 0 aromatic rings. The lowest BCUT2D eigenvalue weighted by Crippen LogP contribution is -1.92. The van der Waals surface area contributed by atoms with Crippen molar-refractivity contribution in [3.8, 4) is 0 Å². The second kappa shape index (κ2) is 9.30. The number of hydrogen-bond donors (Lipinski definition) is 0. The third-order valence-electron chi connectivity index (χ3n) is 3.01. The van der Waals surface area contributed by atoms with Gasteiger partial charge in [0, 0.05) is 0 Å². The molecule has 2 unspecified atom stereocenters. The van der Waals surface area contributed by atoms with Crippen molar-refractivity contribution in [3.63, 3.8) is 0 Å². The second-order valence-corrected chi connectivity index (χ2v) is 4.69. The summed E-state index contributed by atoms with van der Waals surface area (Å²) < 4.78 is 0. The van der Waals surface area contributed by atoms with Crippen LogP contribution >= 0.6 is 0 Å². The van der Waals surface area contributed by atoms with Crippen LogP contribution in [0.5, 0.6) is 0 Å². The van der Waals surface area contributed by atoms with E-state index >= 15 is 0 Å². The molecule has 0 N–H and O–H groups in total. The smallest absolute Gasteiger partial charge is 0.0325 e. The Labute approximate surface area is 90.8 Å². The SMILES string of the molecule is CCCC(C)CC/C=C/CC(C)CC. The zero-order chi connectivity index (χ0) is 10.8. The van der Waals surface area contributed by atoms with Gasteiger partial charge in [0.25, 0.3) is 0 Å². The molecule has 0 spiro atoms. The fourth-order valence-corrected chi connectivity index (χ4v) is 1.63. The number of allylic oxidation sites excluding steroid dienone is 2. The van der Waals surface area contributed by atoms with Crippen molar-refractivity contribution in [3.05, 3.63) is 12.2 Å². The first-order chi connectivity index (χ1) is 6.70. The molecule has 0 radical (unpaired) electrons. The van der Waals surface area contributed by atoms with Crippen LogP contribution in [0.25, 0.3) is 0 Å².